The van der Waals surface area contributed by atoms with Crippen LogP contribution in [0.5, 0.6) is 0 Å². The Morgan fingerprint density at radius 3 is 2.19 bits per heavy atom. The van der Waals surface area contributed by atoms with Crippen LogP contribution in [-0.2, 0) is 16.0 Å². The normalized spacial score (nSPS) is 12.3. The summed E-state index contributed by atoms with van der Waals surface area (Å²) in [6.07, 6.45) is 4.10. The quantitative estimate of drug-likeness (QED) is 0.0546. The zero-order valence-corrected chi connectivity index (χ0v) is 24.6. The Morgan fingerprint density at radius 1 is 0.860 bits per heavy atom. The maximum Gasteiger partial charge on any atom is 0.338 e. The van der Waals surface area contributed by atoms with E-state index in [0.717, 1.165) is 22.9 Å². The number of quaternary nitrogens is 1. The second-order valence-corrected chi connectivity index (χ2v) is 10.5. The minimum Gasteiger partial charge on any atom is -0.347 e. The number of rotatable bonds is 17. The molecule has 0 radical (unpaired) electrons. The second kappa shape index (κ2) is 17.3. The van der Waals surface area contributed by atoms with Gasteiger partial charge in [0.2, 0.25) is 11.4 Å². The van der Waals surface area contributed by atoms with E-state index in [0.29, 0.717) is 57.7 Å². The molecule has 3 aromatic rings. The molecule has 13 nitrogen and oxygen atoms in total. The number of carbonyl (C=O) groups is 2. The van der Waals surface area contributed by atoms with Gasteiger partial charge in [-0.1, -0.05) is 42.5 Å². The first kappa shape index (κ1) is 32.8. The minimum atomic E-state index is -0.729. The van der Waals surface area contributed by atoms with Crippen molar-refractivity contribution >= 4 is 40.3 Å². The highest BCUT2D eigenvalue weighted by Gasteiger charge is 2.26. The summed E-state index contributed by atoms with van der Waals surface area (Å²) in [6.45, 7) is 3.24. The number of pyridine rings is 1. The Labute approximate surface area is 252 Å². The number of aryl methyl sites for hydroxylation is 1. The van der Waals surface area contributed by atoms with Crippen molar-refractivity contribution < 1.29 is 30.3 Å². The molecule has 0 aliphatic heterocycles. The number of anilines is 1. The van der Waals surface area contributed by atoms with Crippen LogP contribution in [0.1, 0.15) is 24.8 Å². The Morgan fingerprint density at radius 2 is 1.51 bits per heavy atom. The van der Waals surface area contributed by atoms with Crippen molar-refractivity contribution in [2.24, 2.45) is 22.9 Å². The lowest BCUT2D eigenvalue weighted by Gasteiger charge is -2.21. The molecule has 1 aromatic heterocycles. The Hall–Kier alpha value is -4.75. The predicted octanol–water partition coefficient (Wildman–Crippen LogP) is -4.89. The number of amides is 2. The molecule has 0 aliphatic carbocycles. The number of aromatic nitrogens is 1. The van der Waals surface area contributed by atoms with Gasteiger partial charge in [0.25, 0.3) is 5.91 Å². The summed E-state index contributed by atoms with van der Waals surface area (Å²) < 4.78 is 0. The van der Waals surface area contributed by atoms with E-state index in [9.17, 15) is 9.59 Å². The van der Waals surface area contributed by atoms with Gasteiger partial charge in [-0.25, -0.2) is 4.98 Å². The summed E-state index contributed by atoms with van der Waals surface area (Å²) in [5, 5.41) is 6.89. The molecule has 0 fully saturated rings. The second-order valence-electron chi connectivity index (χ2n) is 10.5. The van der Waals surface area contributed by atoms with Gasteiger partial charge in [0.1, 0.15) is 11.7 Å². The zero-order chi connectivity index (χ0) is 31.0. The summed E-state index contributed by atoms with van der Waals surface area (Å²) >= 11 is 0. The summed E-state index contributed by atoms with van der Waals surface area (Å²) in [5.74, 6) is -0.212. The van der Waals surface area contributed by atoms with Gasteiger partial charge in [0, 0.05) is 31.0 Å². The number of hydrogen-bond acceptors (Lipinski definition) is 3. The molecule has 3 rings (SSSR count). The van der Waals surface area contributed by atoms with Crippen LogP contribution < -0.4 is 54.3 Å². The average Bonchev–Trinajstić information content (AvgIpc) is 2.98. The van der Waals surface area contributed by atoms with E-state index in [1.165, 1.54) is 0 Å². The summed E-state index contributed by atoms with van der Waals surface area (Å²) in [6, 6.07) is 18.4. The number of fused-ring (bicyclic) bond motifs is 1. The van der Waals surface area contributed by atoms with Crippen LogP contribution >= 0.6 is 0 Å². The first-order chi connectivity index (χ1) is 20.7. The standard InChI is InChI=1S/C30H43N11O2/c31-24(10-6-16-41(17-14-36-29(32)33)18-15-37-30(34)35)27(42)40-26(13-12-21-7-2-1-3-8-21)28(43)39-23-19-22-9-4-5-11-25(22)38-20-23/h1-5,7-9,11,19-20,24,26H,6,10,12-18,31H2,(H,39,43)(H,40,42)(H4,32,33,36)(H4,34,35,37)/p+4/t24-,26+/m0/s1. The molecule has 0 aliphatic rings. The molecule has 13 heteroatoms. The summed E-state index contributed by atoms with van der Waals surface area (Å²) in [7, 11) is 0. The molecule has 2 aromatic carbocycles. The highest BCUT2D eigenvalue weighted by molar-refractivity contribution is 5.98. The van der Waals surface area contributed by atoms with E-state index in [4.69, 9.17) is 22.9 Å². The number of carbonyl (C=O) groups excluding carboxylic acids is 2. The van der Waals surface area contributed by atoms with E-state index < -0.39 is 12.1 Å². The topological polar surface area (TPSA) is 235 Å². The molecule has 1 heterocycles. The minimum absolute atomic E-state index is 0.164. The molecule has 2 amide bonds. The van der Waals surface area contributed by atoms with Gasteiger partial charge < -0.3 is 16.4 Å². The van der Waals surface area contributed by atoms with Crippen molar-refractivity contribution in [3.05, 3.63) is 72.4 Å². The lowest BCUT2D eigenvalue weighted by Crippen LogP contribution is -2.81. The number of nitrogens with zero attached hydrogens (tertiary/aromatic N) is 1. The van der Waals surface area contributed by atoms with Crippen LogP contribution in [0.15, 0.2) is 66.9 Å². The van der Waals surface area contributed by atoms with E-state index in [-0.39, 0.29) is 23.7 Å². The van der Waals surface area contributed by atoms with Crippen LogP contribution in [0.2, 0.25) is 0 Å². The van der Waals surface area contributed by atoms with Crippen molar-refractivity contribution in [1.29, 1.82) is 0 Å². The van der Waals surface area contributed by atoms with E-state index >= 15 is 0 Å². The molecular weight excluding hydrogens is 546 g/mol. The van der Waals surface area contributed by atoms with Crippen LogP contribution in [0.4, 0.5) is 5.69 Å². The third-order valence-corrected chi connectivity index (χ3v) is 7.03. The number of guanidine groups is 2. The van der Waals surface area contributed by atoms with Gasteiger partial charge in [0.05, 0.1) is 13.1 Å². The predicted molar refractivity (Wildman–Crippen MR) is 167 cm³/mol. The van der Waals surface area contributed by atoms with E-state index in [2.05, 4.69) is 36.2 Å². The number of nitrogens with two attached hydrogens (primary N) is 4. The molecule has 0 saturated heterocycles. The van der Waals surface area contributed by atoms with Gasteiger partial charge in [-0.3, -0.25) is 47.4 Å². The van der Waals surface area contributed by atoms with Crippen LogP contribution in [0.25, 0.3) is 10.9 Å². The van der Waals surface area contributed by atoms with Crippen molar-refractivity contribution in [3.8, 4) is 0 Å². The third-order valence-electron chi connectivity index (χ3n) is 7.03. The number of nitrogens with one attached hydrogen (secondary N) is 5. The van der Waals surface area contributed by atoms with Crippen LogP contribution in [0.3, 0.4) is 0 Å². The zero-order valence-electron chi connectivity index (χ0n) is 24.6. The fourth-order valence-electron chi connectivity index (χ4n) is 4.68. The van der Waals surface area contributed by atoms with Gasteiger partial charge in [0.15, 0.2) is 12.2 Å². The average molecular weight is 594 g/mol. The fraction of sp³-hybridized carbons (Fsp3) is 0.367. The summed E-state index contributed by atoms with van der Waals surface area (Å²) in [5.41, 5.74) is 28.8. The van der Waals surface area contributed by atoms with Crippen LogP contribution in [0, 0.1) is 0 Å². The van der Waals surface area contributed by atoms with Crippen LogP contribution in [-0.4, -0.2) is 73.4 Å². The fourth-order valence-corrected chi connectivity index (χ4v) is 4.68. The Balaban J connectivity index is 1.59. The third kappa shape index (κ3) is 11.9. The molecule has 2 atom stereocenters. The van der Waals surface area contributed by atoms with Gasteiger partial charge >= 0.3 is 11.9 Å². The number of hydrogen-bond donors (Lipinski definition) is 9. The number of para-hydroxylation sites is 1. The molecule has 43 heavy (non-hydrogen) atoms. The molecule has 230 valence electrons. The highest BCUT2D eigenvalue weighted by Crippen LogP contribution is 2.15. The Kier molecular flexibility index (Phi) is 13.2. The van der Waals surface area contributed by atoms with E-state index in [1.54, 1.807) is 6.20 Å². The summed E-state index contributed by atoms with van der Waals surface area (Å²) in [4.78, 5) is 37.8. The number of H-pyrrole nitrogens is 1. The number of benzene rings is 2. The SMILES string of the molecule is NC(N)=[NH+]CCN(CCC[C@H]([NH3+])C(=O)N[C@H](CCc1ccccc1)C(=O)Nc1c[nH+]c2ccccc2c1)CC[NH+]=C(N)N. The van der Waals surface area contributed by atoms with Gasteiger partial charge in [-0.05, 0) is 43.5 Å². The lowest BCUT2D eigenvalue weighted by molar-refractivity contribution is -0.466. The molecular formula is C30H47N11O2+4. The number of aromatic amines is 1. The van der Waals surface area contributed by atoms with Gasteiger partial charge in [-0.2, -0.15) is 0 Å². The maximum absolute atomic E-state index is 13.4. The first-order valence-corrected chi connectivity index (χ1v) is 14.6. The molecule has 0 saturated carbocycles. The molecule has 0 unspecified atom stereocenters. The van der Waals surface area contributed by atoms with Gasteiger partial charge in [-0.15, -0.1) is 0 Å². The molecule has 0 bridgehead atoms. The maximum atomic E-state index is 13.4. The highest BCUT2D eigenvalue weighted by atomic mass is 16.2. The largest absolute Gasteiger partial charge is 0.347 e. The molecule has 0 spiro atoms. The Bertz CT molecular complexity index is 1350. The van der Waals surface area contributed by atoms with E-state index in [1.807, 2.05) is 60.7 Å². The first-order valence-electron chi connectivity index (χ1n) is 14.6. The van der Waals surface area contributed by atoms with Crippen molar-refractivity contribution in [3.63, 3.8) is 0 Å². The lowest BCUT2D eigenvalue weighted by atomic mass is 10.0. The van der Waals surface area contributed by atoms with Crippen molar-refractivity contribution in [2.45, 2.75) is 37.8 Å². The smallest absolute Gasteiger partial charge is 0.338 e. The van der Waals surface area contributed by atoms with Crippen molar-refractivity contribution in [1.82, 2.24) is 10.2 Å². The molecule has 16 N–H and O–H groups in total. The monoisotopic (exact) mass is 593 g/mol. The van der Waals surface area contributed by atoms with Crippen molar-refractivity contribution in [2.75, 3.05) is 38.0 Å².